The molecule has 3 heterocycles. The van der Waals surface area contributed by atoms with Crippen LogP contribution < -0.4 is 15.0 Å². The van der Waals surface area contributed by atoms with E-state index < -0.39 is 17.3 Å². The minimum Gasteiger partial charge on any atom is -0.474 e. The number of anilines is 1. The van der Waals surface area contributed by atoms with E-state index in [1.165, 1.54) is 18.3 Å². The fourth-order valence-corrected chi connectivity index (χ4v) is 4.65. The van der Waals surface area contributed by atoms with Crippen LogP contribution in [0.4, 0.5) is 23.7 Å². The van der Waals surface area contributed by atoms with Crippen molar-refractivity contribution in [3.05, 3.63) is 53.7 Å². The van der Waals surface area contributed by atoms with Gasteiger partial charge in [-0.05, 0) is 63.9 Å². The molecule has 2 saturated heterocycles. The number of nitrogens with one attached hydrogen (secondary N) is 1. The Labute approximate surface area is 226 Å². The summed E-state index contributed by atoms with van der Waals surface area (Å²) in [6, 6.07) is 8.51. The van der Waals surface area contributed by atoms with Crippen molar-refractivity contribution in [2.45, 2.75) is 70.4 Å². The van der Waals surface area contributed by atoms with Gasteiger partial charge in [0.15, 0.2) is 0 Å². The molecule has 0 aliphatic carbocycles. The van der Waals surface area contributed by atoms with E-state index >= 15 is 0 Å². The molecule has 0 saturated carbocycles. The summed E-state index contributed by atoms with van der Waals surface area (Å²) in [5.41, 5.74) is -0.0200. The fraction of sp³-hybridized carbons (Fsp3) is 0.536. The zero-order valence-electron chi connectivity index (χ0n) is 22.5. The lowest BCUT2D eigenvalue weighted by molar-refractivity contribution is -0.137. The molecule has 0 spiro atoms. The van der Waals surface area contributed by atoms with E-state index in [0.29, 0.717) is 63.3 Å². The SMILES string of the molecule is CC(C)(C)OC(=O)N1CCC(NC(=O)c2ccc(OC3CCN(c4ccc(C(F)(F)F)cc4)CC3)nc2)CC1. The first kappa shape index (κ1) is 28.5. The Hall–Kier alpha value is -3.50. The zero-order chi connectivity index (χ0) is 28.2. The number of piperidine rings is 2. The van der Waals surface area contributed by atoms with Gasteiger partial charge in [-0.3, -0.25) is 4.79 Å². The van der Waals surface area contributed by atoms with Gasteiger partial charge in [-0.15, -0.1) is 0 Å². The normalized spacial score (nSPS) is 17.6. The molecule has 2 aliphatic rings. The van der Waals surface area contributed by atoms with Gasteiger partial charge < -0.3 is 24.6 Å². The van der Waals surface area contributed by atoms with E-state index in [1.807, 2.05) is 25.7 Å². The summed E-state index contributed by atoms with van der Waals surface area (Å²) in [4.78, 5) is 32.9. The Bertz CT molecular complexity index is 1120. The molecule has 212 valence electrons. The monoisotopic (exact) mass is 548 g/mol. The highest BCUT2D eigenvalue weighted by Crippen LogP contribution is 2.31. The van der Waals surface area contributed by atoms with Crippen molar-refractivity contribution < 1.29 is 32.2 Å². The van der Waals surface area contributed by atoms with Crippen LogP contribution in [0, 0.1) is 0 Å². The summed E-state index contributed by atoms with van der Waals surface area (Å²) < 4.78 is 49.8. The Morgan fingerprint density at radius 1 is 0.923 bits per heavy atom. The van der Waals surface area contributed by atoms with Crippen LogP contribution in [-0.4, -0.2) is 65.8 Å². The molecule has 1 aromatic carbocycles. The number of hydrogen-bond acceptors (Lipinski definition) is 6. The number of amides is 2. The van der Waals surface area contributed by atoms with Crippen LogP contribution in [0.1, 0.15) is 62.4 Å². The highest BCUT2D eigenvalue weighted by atomic mass is 19.4. The van der Waals surface area contributed by atoms with E-state index in [1.54, 1.807) is 17.0 Å². The smallest absolute Gasteiger partial charge is 0.416 e. The highest BCUT2D eigenvalue weighted by molar-refractivity contribution is 5.94. The number of carbonyl (C=O) groups excluding carboxylic acids is 2. The summed E-state index contributed by atoms with van der Waals surface area (Å²) in [7, 11) is 0. The third kappa shape index (κ3) is 8.00. The molecule has 0 atom stereocenters. The quantitative estimate of drug-likeness (QED) is 0.548. The number of aromatic nitrogens is 1. The Balaban J connectivity index is 1.20. The summed E-state index contributed by atoms with van der Waals surface area (Å²) in [5, 5.41) is 3.01. The Morgan fingerprint density at radius 3 is 2.10 bits per heavy atom. The third-order valence-electron chi connectivity index (χ3n) is 6.77. The molecule has 1 N–H and O–H groups in total. The first-order valence-corrected chi connectivity index (χ1v) is 13.2. The van der Waals surface area contributed by atoms with Crippen LogP contribution in [0.3, 0.4) is 0 Å². The van der Waals surface area contributed by atoms with Gasteiger partial charge in [0, 0.05) is 63.0 Å². The molecule has 39 heavy (non-hydrogen) atoms. The molecule has 0 radical (unpaired) electrons. The number of nitrogens with zero attached hydrogens (tertiary/aromatic N) is 3. The van der Waals surface area contributed by atoms with Gasteiger partial charge in [0.2, 0.25) is 5.88 Å². The number of halogens is 3. The minimum atomic E-state index is -4.34. The van der Waals surface area contributed by atoms with E-state index in [9.17, 15) is 22.8 Å². The topological polar surface area (TPSA) is 84.0 Å². The molecule has 11 heteroatoms. The first-order valence-electron chi connectivity index (χ1n) is 13.2. The van der Waals surface area contributed by atoms with E-state index in [-0.39, 0.29) is 24.1 Å². The molecule has 2 amide bonds. The van der Waals surface area contributed by atoms with Crippen molar-refractivity contribution in [1.29, 1.82) is 0 Å². The maximum absolute atomic E-state index is 12.8. The van der Waals surface area contributed by atoms with Crippen molar-refractivity contribution in [1.82, 2.24) is 15.2 Å². The van der Waals surface area contributed by atoms with E-state index in [4.69, 9.17) is 9.47 Å². The van der Waals surface area contributed by atoms with Crippen molar-refractivity contribution in [3.63, 3.8) is 0 Å². The van der Waals surface area contributed by atoms with Crippen LogP contribution in [0.5, 0.6) is 5.88 Å². The fourth-order valence-electron chi connectivity index (χ4n) is 4.65. The number of alkyl halides is 3. The Morgan fingerprint density at radius 2 is 1.56 bits per heavy atom. The molecule has 8 nitrogen and oxygen atoms in total. The molecule has 4 rings (SSSR count). The van der Waals surface area contributed by atoms with Crippen LogP contribution in [0.25, 0.3) is 0 Å². The minimum absolute atomic E-state index is 0.0398. The van der Waals surface area contributed by atoms with Crippen molar-refractivity contribution in [2.75, 3.05) is 31.1 Å². The second-order valence-electron chi connectivity index (χ2n) is 10.9. The number of carbonyl (C=O) groups is 2. The first-order chi connectivity index (χ1) is 18.4. The molecular formula is C28H35F3N4O4. The highest BCUT2D eigenvalue weighted by Gasteiger charge is 2.31. The number of pyridine rings is 1. The number of benzene rings is 1. The largest absolute Gasteiger partial charge is 0.474 e. The lowest BCUT2D eigenvalue weighted by Gasteiger charge is -2.33. The maximum atomic E-state index is 12.8. The van der Waals surface area contributed by atoms with Crippen molar-refractivity contribution in [3.8, 4) is 5.88 Å². The lowest BCUT2D eigenvalue weighted by Crippen LogP contribution is -2.47. The summed E-state index contributed by atoms with van der Waals surface area (Å²) in [5.74, 6) is 0.194. The second-order valence-corrected chi connectivity index (χ2v) is 10.9. The molecule has 2 aliphatic heterocycles. The van der Waals surface area contributed by atoms with Crippen LogP contribution >= 0.6 is 0 Å². The predicted molar refractivity (Wildman–Crippen MR) is 140 cm³/mol. The number of ether oxygens (including phenoxy) is 2. The molecule has 2 aromatic rings. The Kier molecular flexibility index (Phi) is 8.56. The summed E-state index contributed by atoms with van der Waals surface area (Å²) >= 11 is 0. The van der Waals surface area contributed by atoms with Gasteiger partial charge in [0.1, 0.15) is 11.7 Å². The second kappa shape index (κ2) is 11.7. The third-order valence-corrected chi connectivity index (χ3v) is 6.77. The van der Waals surface area contributed by atoms with Gasteiger partial charge in [0.25, 0.3) is 5.91 Å². The predicted octanol–water partition coefficient (Wildman–Crippen LogP) is 5.28. The van der Waals surface area contributed by atoms with Gasteiger partial charge in [0.05, 0.1) is 11.1 Å². The van der Waals surface area contributed by atoms with Gasteiger partial charge >= 0.3 is 12.3 Å². The van der Waals surface area contributed by atoms with Crippen molar-refractivity contribution >= 4 is 17.7 Å². The lowest BCUT2D eigenvalue weighted by atomic mass is 10.0. The van der Waals surface area contributed by atoms with Crippen LogP contribution in [-0.2, 0) is 10.9 Å². The number of rotatable bonds is 5. The standard InChI is InChI=1S/C28H35F3N4O4/c1-27(2,3)39-26(37)35-14-10-21(11-15-35)33-25(36)19-4-9-24(32-18-19)38-23-12-16-34(17-13-23)22-7-5-20(6-8-22)28(29,30)31/h4-9,18,21,23H,10-17H2,1-3H3,(H,33,36). The number of likely N-dealkylation sites (tertiary alicyclic amines) is 1. The average Bonchev–Trinajstić information content (AvgIpc) is 2.88. The summed E-state index contributed by atoms with van der Waals surface area (Å²) in [6.45, 7) is 7.84. The summed E-state index contributed by atoms with van der Waals surface area (Å²) in [6.07, 6.45) is -0.577. The number of hydrogen-bond donors (Lipinski definition) is 1. The molecule has 0 bridgehead atoms. The van der Waals surface area contributed by atoms with Gasteiger partial charge in [-0.1, -0.05) is 0 Å². The van der Waals surface area contributed by atoms with Crippen LogP contribution in [0.15, 0.2) is 42.6 Å². The van der Waals surface area contributed by atoms with E-state index in [0.717, 1.165) is 17.8 Å². The van der Waals surface area contributed by atoms with Gasteiger partial charge in [-0.2, -0.15) is 13.2 Å². The van der Waals surface area contributed by atoms with Crippen molar-refractivity contribution in [2.24, 2.45) is 0 Å². The molecule has 2 fully saturated rings. The van der Waals surface area contributed by atoms with E-state index in [2.05, 4.69) is 10.3 Å². The van der Waals surface area contributed by atoms with Crippen LogP contribution in [0.2, 0.25) is 0 Å². The average molecular weight is 549 g/mol. The zero-order valence-corrected chi connectivity index (χ0v) is 22.5. The maximum Gasteiger partial charge on any atom is 0.416 e. The van der Waals surface area contributed by atoms with Gasteiger partial charge in [-0.25, -0.2) is 9.78 Å². The molecule has 0 unspecified atom stereocenters. The molecular weight excluding hydrogens is 513 g/mol. The molecule has 1 aromatic heterocycles.